The highest BCUT2D eigenvalue weighted by molar-refractivity contribution is 7.88. The summed E-state index contributed by atoms with van der Waals surface area (Å²) in [6.45, 7) is 6.25. The number of nitrogens with zero attached hydrogens (tertiary/aromatic N) is 1. The van der Waals surface area contributed by atoms with E-state index >= 15 is 0 Å². The summed E-state index contributed by atoms with van der Waals surface area (Å²) in [5, 5.41) is 5.77. The first-order chi connectivity index (χ1) is 9.63. The van der Waals surface area contributed by atoms with Gasteiger partial charge in [0, 0.05) is 30.5 Å². The molecule has 0 bridgehead atoms. The van der Waals surface area contributed by atoms with Crippen molar-refractivity contribution in [2.75, 3.05) is 24.7 Å². The van der Waals surface area contributed by atoms with Gasteiger partial charge in [-0.05, 0) is 32.9 Å². The molecule has 1 aromatic heterocycles. The largest absolute Gasteiger partial charge is 0.385 e. The van der Waals surface area contributed by atoms with Crippen molar-refractivity contribution in [2.45, 2.75) is 26.3 Å². The molecule has 0 saturated carbocycles. The van der Waals surface area contributed by atoms with Gasteiger partial charge < -0.3 is 10.6 Å². The lowest BCUT2D eigenvalue weighted by Gasteiger charge is -2.25. The number of carbonyl (C=O) groups is 1. The van der Waals surface area contributed by atoms with Gasteiger partial charge in [0.2, 0.25) is 10.0 Å². The summed E-state index contributed by atoms with van der Waals surface area (Å²) in [6.07, 6.45) is 2.63. The van der Waals surface area contributed by atoms with Crippen LogP contribution in [-0.4, -0.2) is 44.2 Å². The molecule has 0 radical (unpaired) electrons. The first-order valence-corrected chi connectivity index (χ1v) is 8.49. The van der Waals surface area contributed by atoms with Gasteiger partial charge >= 0.3 is 0 Å². The van der Waals surface area contributed by atoms with Gasteiger partial charge in [0.15, 0.2) is 0 Å². The molecular formula is C13H22N4O3S. The molecule has 118 valence electrons. The summed E-state index contributed by atoms with van der Waals surface area (Å²) in [5.74, 6) is -0.349. The lowest BCUT2D eigenvalue weighted by atomic mass is 10.1. The van der Waals surface area contributed by atoms with Crippen LogP contribution in [0.1, 0.15) is 31.3 Å². The average Bonchev–Trinajstić information content (AvgIpc) is 2.34. The number of sulfonamides is 1. The fourth-order valence-electron chi connectivity index (χ4n) is 1.80. The molecular weight excluding hydrogens is 292 g/mol. The Morgan fingerprint density at radius 3 is 2.62 bits per heavy atom. The second kappa shape index (κ2) is 6.86. The van der Waals surface area contributed by atoms with E-state index in [1.54, 1.807) is 32.2 Å². The predicted octanol–water partition coefficient (Wildman–Crippen LogP) is 0.571. The fourth-order valence-corrected chi connectivity index (χ4v) is 2.87. The van der Waals surface area contributed by atoms with Crippen molar-refractivity contribution < 1.29 is 13.2 Å². The molecule has 21 heavy (non-hydrogen) atoms. The SMILES string of the molecule is CCNc1ccnc(C(=O)NCC(C)(C)NS(C)(=O)=O)c1. The second-order valence-corrected chi connectivity index (χ2v) is 7.15. The minimum atomic E-state index is -3.34. The first kappa shape index (κ1) is 17.4. The van der Waals surface area contributed by atoms with Crippen molar-refractivity contribution in [1.29, 1.82) is 0 Å². The maximum Gasteiger partial charge on any atom is 0.270 e. The second-order valence-electron chi connectivity index (χ2n) is 5.40. The van der Waals surface area contributed by atoms with Crippen LogP contribution in [0.15, 0.2) is 18.3 Å². The van der Waals surface area contributed by atoms with E-state index < -0.39 is 15.6 Å². The lowest BCUT2D eigenvalue weighted by Crippen LogP contribution is -2.51. The number of hydrogen-bond donors (Lipinski definition) is 3. The van der Waals surface area contributed by atoms with Crippen LogP contribution >= 0.6 is 0 Å². The molecule has 1 heterocycles. The van der Waals surface area contributed by atoms with Gasteiger partial charge in [0.05, 0.1) is 6.26 Å². The standard InChI is InChI=1S/C13H22N4O3S/c1-5-14-10-6-7-15-11(8-10)12(18)16-9-13(2,3)17-21(4,19)20/h6-8,17H,5,9H2,1-4H3,(H,14,15)(H,16,18). The number of aromatic nitrogens is 1. The zero-order valence-electron chi connectivity index (χ0n) is 12.7. The highest BCUT2D eigenvalue weighted by Crippen LogP contribution is 2.08. The van der Waals surface area contributed by atoms with Crippen LogP contribution in [0, 0.1) is 0 Å². The zero-order chi connectivity index (χ0) is 16.1. The van der Waals surface area contributed by atoms with Crippen LogP contribution < -0.4 is 15.4 Å². The number of pyridine rings is 1. The Balaban J connectivity index is 2.67. The van der Waals surface area contributed by atoms with Gasteiger partial charge in [-0.3, -0.25) is 9.78 Å². The van der Waals surface area contributed by atoms with Gasteiger partial charge in [0.25, 0.3) is 5.91 Å². The van der Waals surface area contributed by atoms with Crippen LogP contribution in [0.25, 0.3) is 0 Å². The minimum Gasteiger partial charge on any atom is -0.385 e. The molecule has 0 aliphatic heterocycles. The summed E-state index contributed by atoms with van der Waals surface area (Å²) >= 11 is 0. The molecule has 8 heteroatoms. The molecule has 0 spiro atoms. The van der Waals surface area contributed by atoms with Crippen LogP contribution in [0.3, 0.4) is 0 Å². The zero-order valence-corrected chi connectivity index (χ0v) is 13.5. The van der Waals surface area contributed by atoms with Gasteiger partial charge in [-0.25, -0.2) is 13.1 Å². The predicted molar refractivity (Wildman–Crippen MR) is 82.8 cm³/mol. The first-order valence-electron chi connectivity index (χ1n) is 6.60. The van der Waals surface area contributed by atoms with Gasteiger partial charge in [-0.1, -0.05) is 0 Å². The van der Waals surface area contributed by atoms with E-state index in [0.29, 0.717) is 0 Å². The summed E-state index contributed by atoms with van der Waals surface area (Å²) in [4.78, 5) is 16.0. The van der Waals surface area contributed by atoms with Gasteiger partial charge in [0.1, 0.15) is 5.69 Å². The lowest BCUT2D eigenvalue weighted by molar-refractivity contribution is 0.0939. The van der Waals surface area contributed by atoms with Crippen LogP contribution in [0.5, 0.6) is 0 Å². The smallest absolute Gasteiger partial charge is 0.270 e. The molecule has 0 atom stereocenters. The van der Waals surface area contributed by atoms with E-state index in [4.69, 9.17) is 0 Å². The molecule has 0 aliphatic rings. The highest BCUT2D eigenvalue weighted by Gasteiger charge is 2.23. The van der Waals surface area contributed by atoms with Crippen molar-refractivity contribution in [3.63, 3.8) is 0 Å². The number of carbonyl (C=O) groups excluding carboxylic acids is 1. The molecule has 0 fully saturated rings. The summed E-state index contributed by atoms with van der Waals surface area (Å²) in [6, 6.07) is 3.42. The van der Waals surface area contributed by atoms with Crippen molar-refractivity contribution in [2.24, 2.45) is 0 Å². The number of amides is 1. The third-order valence-electron chi connectivity index (χ3n) is 2.53. The van der Waals surface area contributed by atoms with E-state index in [0.717, 1.165) is 18.5 Å². The number of hydrogen-bond acceptors (Lipinski definition) is 5. The Kier molecular flexibility index (Phi) is 5.68. The Morgan fingerprint density at radius 1 is 1.38 bits per heavy atom. The third-order valence-corrected chi connectivity index (χ3v) is 3.45. The Bertz CT molecular complexity index is 599. The quantitative estimate of drug-likeness (QED) is 0.683. The molecule has 0 saturated heterocycles. The molecule has 1 aromatic rings. The fraction of sp³-hybridized carbons (Fsp3) is 0.538. The van der Waals surface area contributed by atoms with Crippen molar-refractivity contribution >= 4 is 21.6 Å². The minimum absolute atomic E-state index is 0.159. The molecule has 3 N–H and O–H groups in total. The molecule has 7 nitrogen and oxygen atoms in total. The molecule has 0 unspecified atom stereocenters. The Hall–Kier alpha value is -1.67. The normalized spacial score (nSPS) is 12.0. The molecule has 1 amide bonds. The van der Waals surface area contributed by atoms with Crippen LogP contribution in [0.4, 0.5) is 5.69 Å². The van der Waals surface area contributed by atoms with E-state index in [9.17, 15) is 13.2 Å². The topological polar surface area (TPSA) is 100 Å². The van der Waals surface area contributed by atoms with Gasteiger partial charge in [-0.15, -0.1) is 0 Å². The highest BCUT2D eigenvalue weighted by atomic mass is 32.2. The Labute approximate surface area is 125 Å². The molecule has 0 aliphatic carbocycles. The van der Waals surface area contributed by atoms with E-state index in [1.807, 2.05) is 6.92 Å². The number of rotatable bonds is 7. The van der Waals surface area contributed by atoms with Crippen molar-refractivity contribution in [3.05, 3.63) is 24.0 Å². The van der Waals surface area contributed by atoms with Crippen LogP contribution in [-0.2, 0) is 10.0 Å². The van der Waals surface area contributed by atoms with E-state index in [2.05, 4.69) is 20.3 Å². The molecule has 1 rings (SSSR count). The summed E-state index contributed by atoms with van der Waals surface area (Å²) < 4.78 is 24.9. The third kappa shape index (κ3) is 6.54. The summed E-state index contributed by atoms with van der Waals surface area (Å²) in [7, 11) is -3.34. The Morgan fingerprint density at radius 2 is 2.05 bits per heavy atom. The maximum atomic E-state index is 12.0. The number of anilines is 1. The van der Waals surface area contributed by atoms with E-state index in [1.165, 1.54) is 0 Å². The van der Waals surface area contributed by atoms with Crippen molar-refractivity contribution in [1.82, 2.24) is 15.0 Å². The van der Waals surface area contributed by atoms with Crippen molar-refractivity contribution in [3.8, 4) is 0 Å². The van der Waals surface area contributed by atoms with E-state index in [-0.39, 0.29) is 18.1 Å². The number of nitrogens with one attached hydrogen (secondary N) is 3. The van der Waals surface area contributed by atoms with Gasteiger partial charge in [-0.2, -0.15) is 0 Å². The molecule has 0 aromatic carbocycles. The van der Waals surface area contributed by atoms with Crippen LogP contribution in [0.2, 0.25) is 0 Å². The summed E-state index contributed by atoms with van der Waals surface area (Å²) in [5.41, 5.74) is 0.317. The maximum absolute atomic E-state index is 12.0. The monoisotopic (exact) mass is 314 g/mol. The average molecular weight is 314 g/mol.